The molecule has 0 atom stereocenters. The zero-order valence-electron chi connectivity index (χ0n) is 9.99. The summed E-state index contributed by atoms with van der Waals surface area (Å²) in [4.78, 5) is 13.2. The molecular weight excluding hydrogens is 202 g/mol. The van der Waals surface area contributed by atoms with E-state index in [4.69, 9.17) is 4.74 Å². The zero-order chi connectivity index (χ0) is 11.7. The zero-order valence-corrected chi connectivity index (χ0v) is 9.99. The smallest absolute Gasteiger partial charge is 0.264 e. The number of nitrogens with zero attached hydrogens (tertiary/aromatic N) is 1. The Balaban J connectivity index is 2.33. The topological polar surface area (TPSA) is 29.5 Å². The molecule has 0 N–H and O–H groups in total. The van der Waals surface area contributed by atoms with Gasteiger partial charge in [0, 0.05) is 7.05 Å². The van der Waals surface area contributed by atoms with Crippen LogP contribution in [0.3, 0.4) is 0 Å². The van der Waals surface area contributed by atoms with E-state index in [0.717, 1.165) is 17.9 Å². The van der Waals surface area contributed by atoms with E-state index in [1.165, 1.54) is 5.56 Å². The highest BCUT2D eigenvalue weighted by molar-refractivity contribution is 5.97. The molecule has 1 aliphatic heterocycles. The van der Waals surface area contributed by atoms with Crippen LogP contribution in [0.1, 0.15) is 19.4 Å². The van der Waals surface area contributed by atoms with Crippen LogP contribution in [0.4, 0.5) is 5.69 Å². The van der Waals surface area contributed by atoms with Gasteiger partial charge in [-0.2, -0.15) is 0 Å². The minimum absolute atomic E-state index is 0.00852. The van der Waals surface area contributed by atoms with Crippen LogP contribution in [0, 0.1) is 5.92 Å². The molecule has 0 saturated heterocycles. The molecule has 16 heavy (non-hydrogen) atoms. The molecule has 86 valence electrons. The first-order chi connectivity index (χ1) is 7.58. The quantitative estimate of drug-likeness (QED) is 0.763. The van der Waals surface area contributed by atoms with E-state index >= 15 is 0 Å². The lowest BCUT2D eigenvalue weighted by molar-refractivity contribution is -0.120. The van der Waals surface area contributed by atoms with Gasteiger partial charge < -0.3 is 9.64 Å². The van der Waals surface area contributed by atoms with Gasteiger partial charge in [0.25, 0.3) is 5.91 Å². The average Bonchev–Trinajstić information content (AvgIpc) is 2.23. The van der Waals surface area contributed by atoms with Crippen molar-refractivity contribution in [1.82, 2.24) is 0 Å². The van der Waals surface area contributed by atoms with Gasteiger partial charge in [-0.1, -0.05) is 19.9 Å². The van der Waals surface area contributed by atoms with Crippen LogP contribution >= 0.6 is 0 Å². The first kappa shape index (κ1) is 11.0. The van der Waals surface area contributed by atoms with Gasteiger partial charge in [-0.05, 0) is 30.0 Å². The fraction of sp³-hybridized carbons (Fsp3) is 0.462. The van der Waals surface area contributed by atoms with Gasteiger partial charge in [0.2, 0.25) is 0 Å². The molecule has 0 fully saturated rings. The van der Waals surface area contributed by atoms with Gasteiger partial charge in [0.15, 0.2) is 6.61 Å². The van der Waals surface area contributed by atoms with Crippen LogP contribution < -0.4 is 9.64 Å². The Morgan fingerprint density at radius 1 is 1.44 bits per heavy atom. The average molecular weight is 219 g/mol. The fourth-order valence-corrected chi connectivity index (χ4v) is 1.92. The van der Waals surface area contributed by atoms with E-state index in [1.54, 1.807) is 11.9 Å². The summed E-state index contributed by atoms with van der Waals surface area (Å²) >= 11 is 0. The lowest BCUT2D eigenvalue weighted by Gasteiger charge is -2.26. The van der Waals surface area contributed by atoms with Crippen LogP contribution in [0.25, 0.3) is 0 Å². The third-order valence-corrected chi connectivity index (χ3v) is 2.75. The highest BCUT2D eigenvalue weighted by Gasteiger charge is 2.22. The van der Waals surface area contributed by atoms with Crippen LogP contribution in [0.5, 0.6) is 5.75 Å². The molecule has 1 amide bonds. The molecule has 0 unspecified atom stereocenters. The van der Waals surface area contributed by atoms with Crippen LogP contribution in [0.15, 0.2) is 18.2 Å². The van der Waals surface area contributed by atoms with Gasteiger partial charge in [-0.15, -0.1) is 0 Å². The molecular formula is C13H17NO2. The third kappa shape index (κ3) is 2.03. The first-order valence-corrected chi connectivity index (χ1v) is 5.60. The Morgan fingerprint density at radius 3 is 2.88 bits per heavy atom. The van der Waals surface area contributed by atoms with Gasteiger partial charge in [0.05, 0.1) is 5.69 Å². The number of carbonyl (C=O) groups is 1. The number of fused-ring (bicyclic) bond motifs is 1. The standard InChI is InChI=1S/C13H17NO2/c1-9(2)6-10-4-5-12-11(7-10)14(3)13(15)8-16-12/h4-5,7,9H,6,8H2,1-3H3. The van der Waals surface area contributed by atoms with E-state index in [1.807, 2.05) is 12.1 Å². The molecule has 2 rings (SSSR count). The number of anilines is 1. The van der Waals surface area contributed by atoms with Crippen LogP contribution in [-0.4, -0.2) is 19.6 Å². The molecule has 3 heteroatoms. The molecule has 1 aromatic rings. The van der Waals surface area contributed by atoms with Crippen molar-refractivity contribution in [2.24, 2.45) is 5.92 Å². The Labute approximate surface area is 96.0 Å². The number of amides is 1. The monoisotopic (exact) mass is 219 g/mol. The Morgan fingerprint density at radius 2 is 2.19 bits per heavy atom. The molecule has 0 aromatic heterocycles. The molecule has 0 saturated carbocycles. The Hall–Kier alpha value is -1.51. The van der Waals surface area contributed by atoms with Crippen molar-refractivity contribution >= 4 is 11.6 Å². The fourth-order valence-electron chi connectivity index (χ4n) is 1.92. The molecule has 0 spiro atoms. The van der Waals surface area contributed by atoms with E-state index in [9.17, 15) is 4.79 Å². The van der Waals surface area contributed by atoms with E-state index in [-0.39, 0.29) is 12.5 Å². The number of rotatable bonds is 2. The van der Waals surface area contributed by atoms with Crippen LogP contribution in [0.2, 0.25) is 0 Å². The summed E-state index contributed by atoms with van der Waals surface area (Å²) in [7, 11) is 1.79. The third-order valence-electron chi connectivity index (χ3n) is 2.75. The van der Waals surface area contributed by atoms with Crippen molar-refractivity contribution in [2.45, 2.75) is 20.3 Å². The van der Waals surface area contributed by atoms with Crippen molar-refractivity contribution in [1.29, 1.82) is 0 Å². The van der Waals surface area contributed by atoms with Crippen molar-refractivity contribution in [3.63, 3.8) is 0 Å². The largest absolute Gasteiger partial charge is 0.482 e. The molecule has 0 radical (unpaired) electrons. The van der Waals surface area contributed by atoms with Gasteiger partial charge in [-0.3, -0.25) is 4.79 Å². The maximum absolute atomic E-state index is 11.5. The minimum atomic E-state index is 0.00852. The van der Waals surface area contributed by atoms with E-state index in [2.05, 4.69) is 19.9 Å². The molecule has 3 nitrogen and oxygen atoms in total. The number of carbonyl (C=O) groups excluding carboxylic acids is 1. The summed E-state index contributed by atoms with van der Waals surface area (Å²) in [6.45, 7) is 4.52. The highest BCUT2D eigenvalue weighted by Crippen LogP contribution is 2.32. The predicted molar refractivity (Wildman–Crippen MR) is 63.9 cm³/mol. The summed E-state index contributed by atoms with van der Waals surface area (Å²) in [6, 6.07) is 6.07. The van der Waals surface area contributed by atoms with Gasteiger partial charge in [-0.25, -0.2) is 0 Å². The second kappa shape index (κ2) is 4.16. The summed E-state index contributed by atoms with van der Waals surface area (Å²) in [5.41, 5.74) is 2.13. The molecule has 1 aliphatic rings. The maximum atomic E-state index is 11.5. The number of likely N-dealkylation sites (N-methyl/N-ethyl adjacent to an activating group) is 1. The van der Waals surface area contributed by atoms with Crippen molar-refractivity contribution < 1.29 is 9.53 Å². The number of benzene rings is 1. The summed E-state index contributed by atoms with van der Waals surface area (Å²) < 4.78 is 5.37. The number of ether oxygens (including phenoxy) is 1. The van der Waals surface area contributed by atoms with E-state index in [0.29, 0.717) is 5.92 Å². The van der Waals surface area contributed by atoms with Crippen molar-refractivity contribution in [3.8, 4) is 5.75 Å². The molecule has 1 aromatic carbocycles. The second-order valence-electron chi connectivity index (χ2n) is 4.64. The SMILES string of the molecule is CC(C)Cc1ccc2c(c1)N(C)C(=O)CO2. The summed E-state index contributed by atoms with van der Waals surface area (Å²) in [6.07, 6.45) is 1.02. The first-order valence-electron chi connectivity index (χ1n) is 5.60. The number of hydrogen-bond donors (Lipinski definition) is 0. The predicted octanol–water partition coefficient (Wildman–Crippen LogP) is 2.24. The minimum Gasteiger partial charge on any atom is -0.482 e. The van der Waals surface area contributed by atoms with Crippen molar-refractivity contribution in [3.05, 3.63) is 23.8 Å². The molecule has 1 heterocycles. The summed E-state index contributed by atoms with van der Waals surface area (Å²) in [5, 5.41) is 0. The van der Waals surface area contributed by atoms with Crippen molar-refractivity contribution in [2.75, 3.05) is 18.6 Å². The number of hydrogen-bond acceptors (Lipinski definition) is 2. The lowest BCUT2D eigenvalue weighted by atomic mass is 10.0. The Kier molecular flexibility index (Phi) is 2.86. The lowest BCUT2D eigenvalue weighted by Crippen LogP contribution is -2.35. The second-order valence-corrected chi connectivity index (χ2v) is 4.64. The van der Waals surface area contributed by atoms with Gasteiger partial charge >= 0.3 is 0 Å². The highest BCUT2D eigenvalue weighted by atomic mass is 16.5. The Bertz CT molecular complexity index is 412. The summed E-state index contributed by atoms with van der Waals surface area (Å²) in [5.74, 6) is 1.42. The van der Waals surface area contributed by atoms with Crippen LogP contribution in [-0.2, 0) is 11.2 Å². The van der Waals surface area contributed by atoms with Gasteiger partial charge in [0.1, 0.15) is 5.75 Å². The molecule has 0 aliphatic carbocycles. The van der Waals surface area contributed by atoms with E-state index < -0.39 is 0 Å². The molecule has 0 bridgehead atoms. The maximum Gasteiger partial charge on any atom is 0.264 e. The normalized spacial score (nSPS) is 15.0.